The van der Waals surface area contributed by atoms with Gasteiger partial charge in [0.15, 0.2) is 0 Å². The summed E-state index contributed by atoms with van der Waals surface area (Å²) in [5, 5.41) is 0. The lowest BCUT2D eigenvalue weighted by atomic mass is 9.82. The number of nitrogens with zero attached hydrogens (tertiary/aromatic N) is 2. The third-order valence-corrected chi connectivity index (χ3v) is 7.03. The summed E-state index contributed by atoms with van der Waals surface area (Å²) in [7, 11) is 0. The molecule has 2 aliphatic rings. The molecule has 0 atom stereocenters. The second-order valence-electron chi connectivity index (χ2n) is 9.36. The van der Waals surface area contributed by atoms with Crippen LogP contribution >= 0.6 is 0 Å². The van der Waals surface area contributed by atoms with E-state index in [2.05, 4.69) is 82.7 Å². The molecular formula is C33H26N2O. The van der Waals surface area contributed by atoms with Crippen LogP contribution in [0.25, 0.3) is 22.3 Å². The predicted molar refractivity (Wildman–Crippen MR) is 146 cm³/mol. The van der Waals surface area contributed by atoms with Crippen molar-refractivity contribution in [3.05, 3.63) is 145 Å². The lowest BCUT2D eigenvalue weighted by Crippen LogP contribution is -2.52. The predicted octanol–water partition coefficient (Wildman–Crippen LogP) is 6.87. The molecule has 6 rings (SSSR count). The minimum atomic E-state index is -0.793. The first-order valence-corrected chi connectivity index (χ1v) is 12.3. The molecule has 3 heteroatoms. The Bertz CT molecular complexity index is 1380. The summed E-state index contributed by atoms with van der Waals surface area (Å²) >= 11 is 0. The monoisotopic (exact) mass is 466 g/mol. The number of amides is 1. The quantitative estimate of drug-likeness (QED) is 0.311. The number of benzene rings is 4. The lowest BCUT2D eigenvalue weighted by Gasteiger charge is -2.37. The number of fused-ring (bicyclic) bond motifs is 1. The molecule has 0 aromatic heterocycles. The van der Waals surface area contributed by atoms with Crippen molar-refractivity contribution in [3.8, 4) is 22.3 Å². The van der Waals surface area contributed by atoms with Crippen LogP contribution in [-0.2, 0) is 17.6 Å². The lowest BCUT2D eigenvalue weighted by molar-refractivity contribution is -0.124. The summed E-state index contributed by atoms with van der Waals surface area (Å²) in [5.41, 5.74) is 6.14. The Balaban J connectivity index is 1.32. The molecule has 0 radical (unpaired) electrons. The van der Waals surface area contributed by atoms with E-state index in [9.17, 15) is 4.79 Å². The minimum absolute atomic E-state index is 0.0898. The molecule has 174 valence electrons. The van der Waals surface area contributed by atoms with Crippen molar-refractivity contribution in [1.29, 1.82) is 0 Å². The topological polar surface area (TPSA) is 32.7 Å². The fourth-order valence-corrected chi connectivity index (χ4v) is 5.15. The van der Waals surface area contributed by atoms with E-state index >= 15 is 0 Å². The second kappa shape index (κ2) is 9.27. The minimum Gasteiger partial charge on any atom is -0.317 e. The summed E-state index contributed by atoms with van der Waals surface area (Å²) in [5.74, 6) is 0.622. The van der Waals surface area contributed by atoms with Crippen molar-refractivity contribution in [1.82, 2.24) is 4.90 Å². The summed E-state index contributed by atoms with van der Waals surface area (Å²) in [4.78, 5) is 20.1. The fraction of sp³-hybridized carbons (Fsp3) is 0.0909. The van der Waals surface area contributed by atoms with Crippen molar-refractivity contribution in [2.75, 3.05) is 0 Å². The Kier molecular flexibility index (Phi) is 5.67. The van der Waals surface area contributed by atoms with Gasteiger partial charge in [0.2, 0.25) is 0 Å². The highest BCUT2D eigenvalue weighted by Gasteiger charge is 2.49. The zero-order valence-electron chi connectivity index (χ0n) is 19.9. The first-order chi connectivity index (χ1) is 17.7. The second-order valence-corrected chi connectivity index (χ2v) is 9.36. The fourth-order valence-electron chi connectivity index (χ4n) is 5.15. The highest BCUT2D eigenvalue weighted by atomic mass is 16.2. The van der Waals surface area contributed by atoms with E-state index in [0.29, 0.717) is 18.7 Å². The molecule has 2 aliphatic heterocycles. The van der Waals surface area contributed by atoms with E-state index < -0.39 is 5.54 Å². The van der Waals surface area contributed by atoms with Crippen molar-refractivity contribution in [2.24, 2.45) is 4.99 Å². The van der Waals surface area contributed by atoms with Crippen LogP contribution in [0.15, 0.2) is 139 Å². The number of rotatable bonds is 6. The molecule has 4 aromatic rings. The van der Waals surface area contributed by atoms with Crippen LogP contribution in [0.4, 0.5) is 0 Å². The first kappa shape index (κ1) is 22.0. The van der Waals surface area contributed by atoms with Gasteiger partial charge in [-0.3, -0.25) is 4.79 Å². The average Bonchev–Trinajstić information content (AvgIpc) is 3.21. The van der Waals surface area contributed by atoms with Crippen molar-refractivity contribution in [3.63, 3.8) is 0 Å². The molecule has 2 heterocycles. The van der Waals surface area contributed by atoms with Crippen LogP contribution in [0.5, 0.6) is 0 Å². The Hall–Kier alpha value is -4.50. The summed E-state index contributed by atoms with van der Waals surface area (Å²) in [6, 6.07) is 37.8. The number of hydrogen-bond acceptors (Lipinski definition) is 2. The number of carbonyl (C=O) groups is 1. The van der Waals surface area contributed by atoms with E-state index in [4.69, 9.17) is 0 Å². The molecule has 0 unspecified atom stereocenters. The normalized spacial score (nSPS) is 15.6. The number of amidine groups is 1. The molecule has 0 bridgehead atoms. The van der Waals surface area contributed by atoms with Gasteiger partial charge < -0.3 is 4.90 Å². The van der Waals surface area contributed by atoms with Crippen LogP contribution < -0.4 is 0 Å². The average molecular weight is 467 g/mol. The maximum Gasteiger partial charge on any atom is 0.274 e. The largest absolute Gasteiger partial charge is 0.317 e. The summed E-state index contributed by atoms with van der Waals surface area (Å²) in [6.45, 7) is 0. The molecule has 3 nitrogen and oxygen atoms in total. The number of hydrogen-bond donors (Lipinski definition) is 0. The van der Waals surface area contributed by atoms with E-state index in [0.717, 1.165) is 11.1 Å². The molecule has 0 fully saturated rings. The SMILES string of the molecule is O=C1N=C2C=CC=CN2C1(Cc1ccc(-c2ccccc2)cc1)Cc1ccc(-c2ccccc2)cc1. The van der Waals surface area contributed by atoms with Crippen LogP contribution in [0, 0.1) is 0 Å². The molecule has 1 amide bonds. The molecule has 0 aliphatic carbocycles. The van der Waals surface area contributed by atoms with Gasteiger partial charge in [0.05, 0.1) is 0 Å². The van der Waals surface area contributed by atoms with E-state index in [1.165, 1.54) is 22.3 Å². The van der Waals surface area contributed by atoms with Gasteiger partial charge in [-0.2, -0.15) is 4.99 Å². The summed E-state index contributed by atoms with van der Waals surface area (Å²) in [6.07, 6.45) is 8.96. The number of aliphatic imine (C=N–C) groups is 1. The summed E-state index contributed by atoms with van der Waals surface area (Å²) < 4.78 is 0. The standard InChI is InChI=1S/C33H26N2O/c36-32-33(35-22-8-7-13-31(35)34-32,23-25-14-18-29(19-15-25)27-9-3-1-4-10-27)24-26-16-20-30(21-17-26)28-11-5-2-6-12-28/h1-22H,23-24H2. The van der Waals surface area contributed by atoms with Crippen LogP contribution in [0.2, 0.25) is 0 Å². The van der Waals surface area contributed by atoms with Gasteiger partial charge in [-0.15, -0.1) is 0 Å². The van der Waals surface area contributed by atoms with Crippen LogP contribution in [-0.4, -0.2) is 22.2 Å². The smallest absolute Gasteiger partial charge is 0.274 e. The van der Waals surface area contributed by atoms with Gasteiger partial charge in [-0.25, -0.2) is 0 Å². The first-order valence-electron chi connectivity index (χ1n) is 12.3. The van der Waals surface area contributed by atoms with Crippen LogP contribution in [0.3, 0.4) is 0 Å². The highest BCUT2D eigenvalue weighted by Crippen LogP contribution is 2.35. The molecular weight excluding hydrogens is 440 g/mol. The van der Waals surface area contributed by atoms with E-state index in [-0.39, 0.29) is 5.91 Å². The maximum atomic E-state index is 13.6. The molecule has 0 N–H and O–H groups in total. The Morgan fingerprint density at radius 1 is 0.583 bits per heavy atom. The van der Waals surface area contributed by atoms with Crippen molar-refractivity contribution >= 4 is 11.7 Å². The Morgan fingerprint density at radius 3 is 1.56 bits per heavy atom. The number of carbonyl (C=O) groups excluding carboxylic acids is 1. The highest BCUT2D eigenvalue weighted by molar-refractivity contribution is 6.12. The van der Waals surface area contributed by atoms with Gasteiger partial charge in [-0.1, -0.05) is 115 Å². The Labute approximate surface area is 211 Å². The van der Waals surface area contributed by atoms with Gasteiger partial charge in [0.25, 0.3) is 5.91 Å². The third-order valence-electron chi connectivity index (χ3n) is 7.03. The third kappa shape index (κ3) is 4.09. The molecule has 0 spiro atoms. The van der Waals surface area contributed by atoms with E-state index in [1.54, 1.807) is 0 Å². The Morgan fingerprint density at radius 2 is 1.06 bits per heavy atom. The molecule has 36 heavy (non-hydrogen) atoms. The molecule has 0 saturated heterocycles. The van der Waals surface area contributed by atoms with Crippen molar-refractivity contribution < 1.29 is 4.79 Å². The maximum absolute atomic E-state index is 13.6. The molecule has 0 saturated carbocycles. The zero-order chi connectivity index (χ0) is 24.4. The van der Waals surface area contributed by atoms with Gasteiger partial charge >= 0.3 is 0 Å². The van der Waals surface area contributed by atoms with Gasteiger partial charge in [0.1, 0.15) is 11.4 Å². The molecule has 4 aromatic carbocycles. The zero-order valence-corrected chi connectivity index (χ0v) is 19.9. The van der Waals surface area contributed by atoms with E-state index in [1.807, 2.05) is 60.8 Å². The van der Waals surface area contributed by atoms with Crippen molar-refractivity contribution in [2.45, 2.75) is 18.4 Å². The number of allylic oxidation sites excluding steroid dienone is 2. The van der Waals surface area contributed by atoms with Gasteiger partial charge in [-0.05, 0) is 45.5 Å². The van der Waals surface area contributed by atoms with Crippen LogP contribution in [0.1, 0.15) is 11.1 Å². The van der Waals surface area contributed by atoms with Gasteiger partial charge in [0, 0.05) is 19.0 Å².